The van der Waals surface area contributed by atoms with E-state index in [1.165, 1.54) is 0 Å². The van der Waals surface area contributed by atoms with Crippen molar-refractivity contribution in [3.63, 3.8) is 0 Å². The summed E-state index contributed by atoms with van der Waals surface area (Å²) in [6.07, 6.45) is 1.44. The maximum absolute atomic E-state index is 11.7. The lowest BCUT2D eigenvalue weighted by Gasteiger charge is -2.28. The molecule has 0 unspecified atom stereocenters. The molecule has 0 fully saturated rings. The lowest BCUT2D eigenvalue weighted by atomic mass is 10.1. The summed E-state index contributed by atoms with van der Waals surface area (Å²) in [4.78, 5) is 20.4. The minimum absolute atomic E-state index is 0.296. The fraction of sp³-hybridized carbons (Fsp3) is 0.588. The van der Waals surface area contributed by atoms with Crippen molar-refractivity contribution in [2.24, 2.45) is 0 Å². The van der Waals surface area contributed by atoms with Crippen LogP contribution in [0.1, 0.15) is 26.7 Å². The summed E-state index contributed by atoms with van der Waals surface area (Å²) in [6, 6.07) is 0. The van der Waals surface area contributed by atoms with Crippen LogP contribution in [0.15, 0.2) is 30.9 Å². The Bertz CT molecular complexity index is 730. The van der Waals surface area contributed by atoms with E-state index in [9.17, 15) is 45.4 Å². The number of aromatic nitrogens is 2. The summed E-state index contributed by atoms with van der Waals surface area (Å²) in [5.74, 6) is -17.0. The molecule has 0 bridgehead atoms. The smallest absolute Gasteiger partial charge is 0.460 e. The van der Waals surface area contributed by atoms with Crippen LogP contribution in [0.4, 0.5) is 30.7 Å². The fourth-order valence-electron chi connectivity index (χ4n) is 1.75. The van der Waals surface area contributed by atoms with Gasteiger partial charge in [-0.3, -0.25) is 0 Å². The van der Waals surface area contributed by atoms with E-state index in [4.69, 9.17) is 4.74 Å². The van der Waals surface area contributed by atoms with Crippen molar-refractivity contribution in [2.75, 3.05) is 6.61 Å². The Morgan fingerprint density at radius 1 is 1.13 bits per heavy atom. The zero-order chi connectivity index (χ0) is 23.8. The summed E-state index contributed by atoms with van der Waals surface area (Å²) in [5, 5.41) is 9.27. The van der Waals surface area contributed by atoms with Crippen molar-refractivity contribution in [1.82, 2.24) is 4.57 Å². The molecule has 1 aromatic rings. The number of unbranched alkanes of at least 4 members (excludes halogenated alkanes) is 1. The number of imidazole rings is 1. The summed E-state index contributed by atoms with van der Waals surface area (Å²) in [6.45, 7) is 9.72. The average molecular weight is 450 g/mol. The predicted octanol–water partition coefficient (Wildman–Crippen LogP) is 2.26. The Morgan fingerprint density at radius 2 is 1.70 bits per heavy atom. The minimum atomic E-state index is -6.64. The maximum atomic E-state index is 11.7. The van der Waals surface area contributed by atoms with Crippen LogP contribution in [0.25, 0.3) is 0 Å². The van der Waals surface area contributed by atoms with Gasteiger partial charge in [-0.2, -0.15) is 30.7 Å². The Morgan fingerprint density at radius 3 is 2.07 bits per heavy atom. The van der Waals surface area contributed by atoms with Gasteiger partial charge in [-0.25, -0.2) is 13.9 Å². The van der Waals surface area contributed by atoms with Crippen molar-refractivity contribution in [2.45, 2.75) is 57.8 Å². The van der Waals surface area contributed by atoms with E-state index < -0.39 is 24.0 Å². The maximum Gasteiger partial charge on any atom is 0.460 e. The Hall–Kier alpha value is -2.60. The van der Waals surface area contributed by atoms with Gasteiger partial charge in [0.1, 0.15) is 18.4 Å². The van der Waals surface area contributed by atoms with Crippen LogP contribution in [0, 0.1) is 0 Å². The van der Waals surface area contributed by atoms with E-state index in [1.54, 1.807) is 6.92 Å². The molecule has 0 atom stereocenters. The number of hydrogen-bond donors (Lipinski definition) is 0. The third-order valence-corrected chi connectivity index (χ3v) is 3.51. The van der Waals surface area contributed by atoms with Crippen molar-refractivity contribution in [3.8, 4) is 0 Å². The number of aryl methyl sites for hydroxylation is 2. The second-order valence-electron chi connectivity index (χ2n) is 6.04. The number of carbonyl (C=O) groups excluding carboxylic acids is 2. The normalized spacial score (nSPS) is 12.0. The first kappa shape index (κ1) is 27.4. The number of carbonyl (C=O) groups is 2. The van der Waals surface area contributed by atoms with Crippen LogP contribution < -0.4 is 9.67 Å². The van der Waals surface area contributed by atoms with Gasteiger partial charge in [-0.1, -0.05) is 6.58 Å². The van der Waals surface area contributed by atoms with Crippen LogP contribution in [-0.4, -0.2) is 41.1 Å². The molecule has 1 heterocycles. The number of ether oxygens (including phenoxy) is 1. The molecule has 0 aliphatic carbocycles. The molecule has 0 N–H and O–H groups in total. The van der Waals surface area contributed by atoms with Gasteiger partial charge in [0.2, 0.25) is 6.33 Å². The summed E-state index contributed by atoms with van der Waals surface area (Å²) in [5.41, 5.74) is 0.458. The number of nitrogens with zero attached hydrogens (tertiary/aromatic N) is 2. The number of esters is 1. The number of alkyl halides is 7. The standard InChI is InChI=1S/C13H21N2O2.C4HF7O2/c1-4-14-8-9-15(11-14)7-5-6-10-17-13(16)12(2)3;5-2(6,1(12)13)3(7,8)4(9,10)11/h8-9,11H,2,4-7,10H2,1,3H3;(H,12,13)/q+1;/p-1. The SMILES string of the molecule is C=C(C)C(=O)OCCCC[n+]1ccn(CC)c1.O=C([O-])C(F)(F)C(F)(F)C(F)(F)F. The third kappa shape index (κ3) is 7.67. The number of aliphatic carboxylic acids is 1. The van der Waals surface area contributed by atoms with Gasteiger partial charge in [0.25, 0.3) is 0 Å². The minimum Gasteiger partial charge on any atom is -0.544 e. The molecule has 0 aliphatic rings. The van der Waals surface area contributed by atoms with E-state index in [0.717, 1.165) is 25.9 Å². The molecule has 1 aromatic heterocycles. The lowest BCUT2D eigenvalue weighted by molar-refractivity contribution is -0.696. The number of carboxylic acids is 1. The van der Waals surface area contributed by atoms with Crippen LogP contribution in [0.3, 0.4) is 0 Å². The molecular formula is C17H21F7N2O4. The summed E-state index contributed by atoms with van der Waals surface area (Å²) >= 11 is 0. The van der Waals surface area contributed by atoms with Crippen molar-refractivity contribution >= 4 is 11.9 Å². The van der Waals surface area contributed by atoms with Gasteiger partial charge in [0.15, 0.2) is 0 Å². The van der Waals surface area contributed by atoms with E-state index in [0.29, 0.717) is 12.2 Å². The van der Waals surface area contributed by atoms with E-state index >= 15 is 0 Å². The van der Waals surface area contributed by atoms with E-state index in [1.807, 2.05) is 0 Å². The molecule has 0 aliphatic heterocycles. The first-order valence-corrected chi connectivity index (χ1v) is 8.49. The van der Waals surface area contributed by atoms with Crippen LogP contribution in [-0.2, 0) is 27.4 Å². The van der Waals surface area contributed by atoms with E-state index in [-0.39, 0.29) is 5.97 Å². The largest absolute Gasteiger partial charge is 0.544 e. The quantitative estimate of drug-likeness (QED) is 0.190. The van der Waals surface area contributed by atoms with Gasteiger partial charge in [0, 0.05) is 5.57 Å². The summed E-state index contributed by atoms with van der Waals surface area (Å²) in [7, 11) is 0. The zero-order valence-corrected chi connectivity index (χ0v) is 16.1. The monoisotopic (exact) mass is 450 g/mol. The second-order valence-corrected chi connectivity index (χ2v) is 6.04. The highest BCUT2D eigenvalue weighted by molar-refractivity contribution is 5.86. The Labute approximate surface area is 167 Å². The average Bonchev–Trinajstić information content (AvgIpc) is 3.08. The Balaban J connectivity index is 0.000000584. The molecule has 13 heteroatoms. The molecule has 0 spiro atoms. The highest BCUT2D eigenvalue weighted by Crippen LogP contribution is 2.46. The predicted molar refractivity (Wildman–Crippen MR) is 86.3 cm³/mol. The summed E-state index contributed by atoms with van der Waals surface area (Å²) < 4.78 is 89.5. The van der Waals surface area contributed by atoms with Gasteiger partial charge < -0.3 is 14.6 Å². The molecule has 0 aromatic carbocycles. The van der Waals surface area contributed by atoms with Gasteiger partial charge >= 0.3 is 24.0 Å². The number of rotatable bonds is 9. The first-order valence-electron chi connectivity index (χ1n) is 8.49. The molecular weight excluding hydrogens is 429 g/mol. The van der Waals surface area contributed by atoms with Crippen molar-refractivity contribution < 1.29 is 54.7 Å². The Kier molecular flexibility index (Phi) is 10.0. The second kappa shape index (κ2) is 11.0. The van der Waals surface area contributed by atoms with Crippen LogP contribution >= 0.6 is 0 Å². The van der Waals surface area contributed by atoms with Crippen molar-refractivity contribution in [3.05, 3.63) is 30.9 Å². The number of halogens is 7. The molecule has 0 saturated carbocycles. The molecule has 172 valence electrons. The van der Waals surface area contributed by atoms with Crippen LogP contribution in [0.5, 0.6) is 0 Å². The molecule has 0 amide bonds. The zero-order valence-electron chi connectivity index (χ0n) is 16.1. The molecule has 0 saturated heterocycles. The third-order valence-electron chi connectivity index (χ3n) is 3.51. The van der Waals surface area contributed by atoms with Gasteiger partial charge in [-0.15, -0.1) is 0 Å². The highest BCUT2D eigenvalue weighted by Gasteiger charge is 2.73. The lowest BCUT2D eigenvalue weighted by Crippen LogP contribution is -2.60. The van der Waals surface area contributed by atoms with Gasteiger partial charge in [-0.05, 0) is 26.7 Å². The van der Waals surface area contributed by atoms with E-state index in [2.05, 4.69) is 41.4 Å². The number of carboxylic acid groups (broad SMARTS) is 1. The van der Waals surface area contributed by atoms with Crippen LogP contribution in [0.2, 0.25) is 0 Å². The topological polar surface area (TPSA) is 75.2 Å². The molecule has 0 radical (unpaired) electrons. The first-order chi connectivity index (χ1) is 13.6. The fourth-order valence-corrected chi connectivity index (χ4v) is 1.75. The number of hydrogen-bond acceptors (Lipinski definition) is 4. The highest BCUT2D eigenvalue weighted by atomic mass is 19.4. The van der Waals surface area contributed by atoms with Gasteiger partial charge in [0.05, 0.1) is 19.7 Å². The molecule has 1 rings (SSSR count). The molecule has 6 nitrogen and oxygen atoms in total. The molecule has 30 heavy (non-hydrogen) atoms. The van der Waals surface area contributed by atoms with Crippen molar-refractivity contribution in [1.29, 1.82) is 0 Å².